The second-order valence-electron chi connectivity index (χ2n) is 6.43. The Bertz CT molecular complexity index is 885. The second-order valence-corrected chi connectivity index (χ2v) is 9.68. The SMILES string of the molecule is CCSc1ccccc1NC(=O)[C@@H]1CCCN(S(=O)(=O)c2ccccc2)C1. The molecule has 1 atom stereocenters. The van der Waals surface area contributed by atoms with Crippen molar-refractivity contribution < 1.29 is 13.2 Å². The highest BCUT2D eigenvalue weighted by Crippen LogP contribution is 2.29. The number of nitrogens with zero attached hydrogens (tertiary/aromatic N) is 1. The minimum Gasteiger partial charge on any atom is -0.325 e. The third-order valence-electron chi connectivity index (χ3n) is 4.58. The zero-order chi connectivity index (χ0) is 19.3. The lowest BCUT2D eigenvalue weighted by Crippen LogP contribution is -2.43. The standard InChI is InChI=1S/C20H24N2O3S2/c1-2-26-19-13-7-6-12-18(19)21-20(23)16-9-8-14-22(15-16)27(24,25)17-10-4-3-5-11-17/h3-7,10-13,16H,2,8-9,14-15H2,1H3,(H,21,23)/t16-/m1/s1. The van der Waals surface area contributed by atoms with E-state index >= 15 is 0 Å². The molecule has 0 aromatic heterocycles. The summed E-state index contributed by atoms with van der Waals surface area (Å²) in [7, 11) is -3.57. The summed E-state index contributed by atoms with van der Waals surface area (Å²) < 4.78 is 27.1. The first-order valence-electron chi connectivity index (χ1n) is 9.10. The number of hydrogen-bond donors (Lipinski definition) is 1. The lowest BCUT2D eigenvalue weighted by molar-refractivity contribution is -0.120. The fourth-order valence-corrected chi connectivity index (χ4v) is 5.51. The monoisotopic (exact) mass is 404 g/mol. The van der Waals surface area contributed by atoms with E-state index in [2.05, 4.69) is 12.2 Å². The van der Waals surface area contributed by atoms with E-state index in [0.717, 1.165) is 16.3 Å². The van der Waals surface area contributed by atoms with Crippen molar-refractivity contribution in [3.05, 3.63) is 54.6 Å². The highest BCUT2D eigenvalue weighted by Gasteiger charge is 2.33. The molecule has 1 N–H and O–H groups in total. The predicted octanol–water partition coefficient (Wildman–Crippen LogP) is 3.84. The van der Waals surface area contributed by atoms with Crippen LogP contribution >= 0.6 is 11.8 Å². The van der Waals surface area contributed by atoms with E-state index in [1.807, 2.05) is 24.3 Å². The van der Waals surface area contributed by atoms with Gasteiger partial charge in [0.05, 0.1) is 16.5 Å². The molecule has 144 valence electrons. The summed E-state index contributed by atoms with van der Waals surface area (Å²) in [6, 6.07) is 16.1. The van der Waals surface area contributed by atoms with Crippen LogP contribution in [0.25, 0.3) is 0 Å². The largest absolute Gasteiger partial charge is 0.325 e. The van der Waals surface area contributed by atoms with Crippen molar-refractivity contribution in [3.8, 4) is 0 Å². The summed E-state index contributed by atoms with van der Waals surface area (Å²) in [6.07, 6.45) is 1.37. The maximum absolute atomic E-state index is 12.8. The molecule has 1 amide bonds. The maximum atomic E-state index is 12.8. The van der Waals surface area contributed by atoms with Gasteiger partial charge in [0, 0.05) is 18.0 Å². The van der Waals surface area contributed by atoms with Crippen LogP contribution < -0.4 is 5.32 Å². The van der Waals surface area contributed by atoms with Gasteiger partial charge >= 0.3 is 0 Å². The third-order valence-corrected chi connectivity index (χ3v) is 7.42. The Labute approximate surface area is 165 Å². The second kappa shape index (κ2) is 8.91. The first kappa shape index (κ1) is 19.9. The van der Waals surface area contributed by atoms with Crippen LogP contribution in [0.4, 0.5) is 5.69 Å². The number of nitrogens with one attached hydrogen (secondary N) is 1. The van der Waals surface area contributed by atoms with E-state index in [1.54, 1.807) is 42.1 Å². The molecule has 1 aliphatic heterocycles. The Balaban J connectivity index is 1.72. The number of sulfonamides is 1. The van der Waals surface area contributed by atoms with Crippen molar-refractivity contribution in [1.29, 1.82) is 0 Å². The van der Waals surface area contributed by atoms with Gasteiger partial charge in [0.2, 0.25) is 15.9 Å². The zero-order valence-corrected chi connectivity index (χ0v) is 16.9. The van der Waals surface area contributed by atoms with Gasteiger partial charge in [-0.2, -0.15) is 4.31 Å². The van der Waals surface area contributed by atoms with E-state index in [-0.39, 0.29) is 23.3 Å². The molecule has 1 aliphatic rings. The number of carbonyl (C=O) groups is 1. The van der Waals surface area contributed by atoms with E-state index < -0.39 is 10.0 Å². The number of benzene rings is 2. The first-order valence-corrected chi connectivity index (χ1v) is 11.5. The molecule has 5 nitrogen and oxygen atoms in total. The molecule has 1 saturated heterocycles. The number of anilines is 1. The van der Waals surface area contributed by atoms with Crippen LogP contribution in [0.3, 0.4) is 0 Å². The molecule has 2 aromatic carbocycles. The smallest absolute Gasteiger partial charge is 0.243 e. The summed E-state index contributed by atoms with van der Waals surface area (Å²) >= 11 is 1.67. The highest BCUT2D eigenvalue weighted by atomic mass is 32.2. The summed E-state index contributed by atoms with van der Waals surface area (Å²) in [6.45, 7) is 2.73. The summed E-state index contributed by atoms with van der Waals surface area (Å²) in [4.78, 5) is 14.1. The van der Waals surface area contributed by atoms with Crippen molar-refractivity contribution in [1.82, 2.24) is 4.31 Å². The van der Waals surface area contributed by atoms with Gasteiger partial charge in [0.25, 0.3) is 0 Å². The van der Waals surface area contributed by atoms with Gasteiger partial charge < -0.3 is 5.32 Å². The van der Waals surface area contributed by atoms with Crippen molar-refractivity contribution in [2.75, 3.05) is 24.2 Å². The Hall–Kier alpha value is -1.83. The number of thioether (sulfide) groups is 1. The summed E-state index contributed by atoms with van der Waals surface area (Å²) in [5.41, 5.74) is 0.789. The fourth-order valence-electron chi connectivity index (χ4n) is 3.20. The van der Waals surface area contributed by atoms with Crippen LogP contribution in [-0.2, 0) is 14.8 Å². The van der Waals surface area contributed by atoms with Crippen LogP contribution in [-0.4, -0.2) is 37.5 Å². The van der Waals surface area contributed by atoms with E-state index in [9.17, 15) is 13.2 Å². The third kappa shape index (κ3) is 4.72. The van der Waals surface area contributed by atoms with Crippen molar-refractivity contribution in [3.63, 3.8) is 0 Å². The molecule has 1 fully saturated rings. The number of amides is 1. The molecule has 0 aliphatic carbocycles. The Morgan fingerprint density at radius 2 is 1.85 bits per heavy atom. The molecule has 0 radical (unpaired) electrons. The number of hydrogen-bond acceptors (Lipinski definition) is 4. The Kier molecular flexibility index (Phi) is 6.57. The quantitative estimate of drug-likeness (QED) is 0.743. The number of piperidine rings is 1. The molecular weight excluding hydrogens is 380 g/mol. The van der Waals surface area contributed by atoms with Crippen LogP contribution in [0.2, 0.25) is 0 Å². The molecule has 3 rings (SSSR count). The van der Waals surface area contributed by atoms with Crippen molar-refractivity contribution in [2.45, 2.75) is 29.6 Å². The van der Waals surface area contributed by atoms with Gasteiger partial charge in [0.1, 0.15) is 0 Å². The fraction of sp³-hybridized carbons (Fsp3) is 0.350. The van der Waals surface area contributed by atoms with Gasteiger partial charge in [-0.3, -0.25) is 4.79 Å². The molecule has 0 spiro atoms. The normalized spacial score (nSPS) is 18.2. The molecular formula is C20H24N2O3S2. The molecule has 2 aromatic rings. The number of carbonyl (C=O) groups excluding carboxylic acids is 1. The van der Waals surface area contributed by atoms with Gasteiger partial charge in [-0.1, -0.05) is 37.3 Å². The highest BCUT2D eigenvalue weighted by molar-refractivity contribution is 7.99. The molecule has 1 heterocycles. The summed E-state index contributed by atoms with van der Waals surface area (Å²) in [5, 5.41) is 3.00. The maximum Gasteiger partial charge on any atom is 0.243 e. The Morgan fingerprint density at radius 3 is 2.59 bits per heavy atom. The molecule has 0 saturated carbocycles. The van der Waals surface area contributed by atoms with Gasteiger partial charge in [-0.15, -0.1) is 11.8 Å². The van der Waals surface area contributed by atoms with Crippen LogP contribution in [0.15, 0.2) is 64.4 Å². The first-order chi connectivity index (χ1) is 13.0. The van der Waals surface area contributed by atoms with Crippen molar-refractivity contribution in [2.24, 2.45) is 5.92 Å². The molecule has 27 heavy (non-hydrogen) atoms. The van der Waals surface area contributed by atoms with Crippen molar-refractivity contribution >= 4 is 33.4 Å². The van der Waals surface area contributed by atoms with Gasteiger partial charge in [0.15, 0.2) is 0 Å². The van der Waals surface area contributed by atoms with E-state index in [0.29, 0.717) is 19.4 Å². The molecule has 0 unspecified atom stereocenters. The predicted molar refractivity (Wildman–Crippen MR) is 109 cm³/mol. The zero-order valence-electron chi connectivity index (χ0n) is 15.3. The average molecular weight is 405 g/mol. The van der Waals surface area contributed by atoms with Crippen LogP contribution in [0.5, 0.6) is 0 Å². The van der Waals surface area contributed by atoms with Crippen LogP contribution in [0, 0.1) is 5.92 Å². The minimum absolute atomic E-state index is 0.118. The topological polar surface area (TPSA) is 66.5 Å². The number of rotatable bonds is 6. The minimum atomic E-state index is -3.57. The van der Waals surface area contributed by atoms with Gasteiger partial charge in [-0.25, -0.2) is 8.42 Å². The molecule has 7 heteroatoms. The van der Waals surface area contributed by atoms with Crippen LogP contribution in [0.1, 0.15) is 19.8 Å². The average Bonchev–Trinajstić information content (AvgIpc) is 2.70. The summed E-state index contributed by atoms with van der Waals surface area (Å²) in [5.74, 6) is 0.448. The van der Waals surface area contributed by atoms with Gasteiger partial charge in [-0.05, 0) is 42.9 Å². The lowest BCUT2D eigenvalue weighted by atomic mass is 9.99. The molecule has 0 bridgehead atoms. The van der Waals surface area contributed by atoms with E-state index in [1.165, 1.54) is 4.31 Å². The lowest BCUT2D eigenvalue weighted by Gasteiger charge is -2.31. The van der Waals surface area contributed by atoms with E-state index in [4.69, 9.17) is 0 Å². The Morgan fingerprint density at radius 1 is 1.15 bits per heavy atom. The number of para-hydroxylation sites is 1.